The zero-order chi connectivity index (χ0) is 13.1. The van der Waals surface area contributed by atoms with Gasteiger partial charge in [-0.3, -0.25) is 0 Å². The van der Waals surface area contributed by atoms with Gasteiger partial charge in [0.25, 0.3) is 0 Å². The summed E-state index contributed by atoms with van der Waals surface area (Å²) in [6, 6.07) is 0.529. The van der Waals surface area contributed by atoms with Crippen molar-refractivity contribution in [1.82, 2.24) is 19.8 Å². The largest absolute Gasteiger partial charge is 0.333 e. The molecule has 2 atom stereocenters. The first-order valence-electron chi connectivity index (χ1n) is 7.78. The number of nitrogens with one attached hydrogen (secondary N) is 1. The van der Waals surface area contributed by atoms with E-state index in [0.29, 0.717) is 12.0 Å². The third-order valence-corrected chi connectivity index (χ3v) is 4.44. The molecule has 1 unspecified atom stereocenters. The summed E-state index contributed by atoms with van der Waals surface area (Å²) in [7, 11) is 0. The van der Waals surface area contributed by atoms with Gasteiger partial charge >= 0.3 is 0 Å². The van der Waals surface area contributed by atoms with Gasteiger partial charge in [0.05, 0.1) is 12.0 Å². The first kappa shape index (κ1) is 13.1. The molecule has 106 valence electrons. The van der Waals surface area contributed by atoms with Gasteiger partial charge in [-0.15, -0.1) is 0 Å². The lowest BCUT2D eigenvalue weighted by Crippen LogP contribution is -2.28. The quantitative estimate of drug-likeness (QED) is 0.881. The van der Waals surface area contributed by atoms with Crippen LogP contribution in [0.3, 0.4) is 0 Å². The van der Waals surface area contributed by atoms with Crippen LogP contribution >= 0.6 is 0 Å². The van der Waals surface area contributed by atoms with E-state index in [4.69, 9.17) is 0 Å². The molecular weight excluding hydrogens is 236 g/mol. The van der Waals surface area contributed by atoms with Crippen LogP contribution in [-0.2, 0) is 6.54 Å². The SMILES string of the molecule is CC(CN1CCCC1)Cn1cncc1[C@@H]1CCCN1. The Morgan fingerprint density at radius 1 is 1.32 bits per heavy atom. The van der Waals surface area contributed by atoms with Gasteiger partial charge in [-0.1, -0.05) is 6.92 Å². The fraction of sp³-hybridized carbons (Fsp3) is 0.800. The van der Waals surface area contributed by atoms with E-state index in [2.05, 4.69) is 26.7 Å². The summed E-state index contributed by atoms with van der Waals surface area (Å²) in [5, 5.41) is 3.57. The van der Waals surface area contributed by atoms with Gasteiger partial charge in [-0.25, -0.2) is 4.98 Å². The lowest BCUT2D eigenvalue weighted by Gasteiger charge is -2.22. The van der Waals surface area contributed by atoms with Crippen molar-refractivity contribution in [3.8, 4) is 0 Å². The van der Waals surface area contributed by atoms with Crippen molar-refractivity contribution < 1.29 is 0 Å². The zero-order valence-electron chi connectivity index (χ0n) is 12.0. The van der Waals surface area contributed by atoms with Crippen LogP contribution in [0.1, 0.15) is 44.3 Å². The van der Waals surface area contributed by atoms with E-state index >= 15 is 0 Å². The zero-order valence-corrected chi connectivity index (χ0v) is 12.0. The van der Waals surface area contributed by atoms with Crippen molar-refractivity contribution in [3.63, 3.8) is 0 Å². The van der Waals surface area contributed by atoms with Crippen LogP contribution in [0.5, 0.6) is 0 Å². The van der Waals surface area contributed by atoms with Crippen molar-refractivity contribution in [1.29, 1.82) is 0 Å². The van der Waals surface area contributed by atoms with Crippen molar-refractivity contribution in [2.24, 2.45) is 5.92 Å². The Morgan fingerprint density at radius 2 is 2.16 bits per heavy atom. The average molecular weight is 262 g/mol. The van der Waals surface area contributed by atoms with Gasteiger partial charge in [0, 0.05) is 25.3 Å². The van der Waals surface area contributed by atoms with Gasteiger partial charge in [0.1, 0.15) is 0 Å². The second kappa shape index (κ2) is 6.06. The van der Waals surface area contributed by atoms with E-state index in [0.717, 1.165) is 13.1 Å². The first-order valence-corrected chi connectivity index (χ1v) is 7.78. The normalized spacial score (nSPS) is 26.1. The topological polar surface area (TPSA) is 33.1 Å². The van der Waals surface area contributed by atoms with E-state index in [-0.39, 0.29) is 0 Å². The highest BCUT2D eigenvalue weighted by Gasteiger charge is 2.21. The minimum absolute atomic E-state index is 0.529. The van der Waals surface area contributed by atoms with Gasteiger partial charge in [0.15, 0.2) is 0 Å². The van der Waals surface area contributed by atoms with Crippen molar-refractivity contribution in [2.45, 2.75) is 45.2 Å². The highest BCUT2D eigenvalue weighted by molar-refractivity contribution is 5.07. The summed E-state index contributed by atoms with van der Waals surface area (Å²) < 4.78 is 2.36. The van der Waals surface area contributed by atoms with Crippen LogP contribution in [0, 0.1) is 5.92 Å². The van der Waals surface area contributed by atoms with E-state index in [1.54, 1.807) is 0 Å². The molecule has 0 amide bonds. The van der Waals surface area contributed by atoms with Crippen molar-refractivity contribution >= 4 is 0 Å². The lowest BCUT2D eigenvalue weighted by atomic mass is 10.1. The van der Waals surface area contributed by atoms with E-state index in [9.17, 15) is 0 Å². The lowest BCUT2D eigenvalue weighted by molar-refractivity contribution is 0.269. The molecule has 0 aromatic carbocycles. The Bertz CT molecular complexity index is 389. The summed E-state index contributed by atoms with van der Waals surface area (Å²) in [5.74, 6) is 0.701. The van der Waals surface area contributed by atoms with Gasteiger partial charge in [-0.2, -0.15) is 0 Å². The molecule has 0 radical (unpaired) electrons. The van der Waals surface area contributed by atoms with E-state index in [1.165, 1.54) is 51.0 Å². The average Bonchev–Trinajstić information content (AvgIpc) is 3.09. The maximum Gasteiger partial charge on any atom is 0.0948 e. The van der Waals surface area contributed by atoms with Crippen LogP contribution in [0.2, 0.25) is 0 Å². The molecule has 1 aromatic rings. The third kappa shape index (κ3) is 3.18. The summed E-state index contributed by atoms with van der Waals surface area (Å²) in [6.07, 6.45) is 9.37. The standard InChI is InChI=1S/C15H26N4/c1-13(10-18-7-2-3-8-18)11-19-12-16-9-15(19)14-5-4-6-17-14/h9,12-14,17H,2-8,10-11H2,1H3/t13?,14-/m0/s1. The Labute approximate surface area is 116 Å². The van der Waals surface area contributed by atoms with Crippen LogP contribution in [0.25, 0.3) is 0 Å². The number of imidazole rings is 1. The number of rotatable bonds is 5. The van der Waals surface area contributed by atoms with Gasteiger partial charge < -0.3 is 14.8 Å². The Kier molecular flexibility index (Phi) is 4.18. The Hall–Kier alpha value is -0.870. The van der Waals surface area contributed by atoms with Crippen molar-refractivity contribution in [2.75, 3.05) is 26.2 Å². The molecule has 1 N–H and O–H groups in total. The summed E-state index contributed by atoms with van der Waals surface area (Å²) in [5.41, 5.74) is 1.38. The van der Waals surface area contributed by atoms with Gasteiger partial charge in [0.2, 0.25) is 0 Å². The third-order valence-electron chi connectivity index (χ3n) is 4.44. The van der Waals surface area contributed by atoms with Crippen LogP contribution in [0.4, 0.5) is 0 Å². The molecule has 4 nitrogen and oxygen atoms in total. The number of likely N-dealkylation sites (tertiary alicyclic amines) is 1. The monoisotopic (exact) mass is 262 g/mol. The fourth-order valence-corrected chi connectivity index (χ4v) is 3.51. The van der Waals surface area contributed by atoms with Crippen molar-refractivity contribution in [3.05, 3.63) is 18.2 Å². The molecule has 0 saturated carbocycles. The molecule has 0 aliphatic carbocycles. The minimum atomic E-state index is 0.529. The highest BCUT2D eigenvalue weighted by atomic mass is 15.1. The molecule has 2 saturated heterocycles. The van der Waals surface area contributed by atoms with Crippen LogP contribution in [-0.4, -0.2) is 40.6 Å². The molecule has 4 heteroatoms. The maximum atomic E-state index is 4.36. The molecule has 19 heavy (non-hydrogen) atoms. The number of hydrogen-bond donors (Lipinski definition) is 1. The van der Waals surface area contributed by atoms with E-state index < -0.39 is 0 Å². The summed E-state index contributed by atoms with van der Waals surface area (Å²) in [6.45, 7) is 8.44. The molecular formula is C15H26N4. The Morgan fingerprint density at radius 3 is 2.89 bits per heavy atom. The number of hydrogen-bond acceptors (Lipinski definition) is 3. The predicted molar refractivity (Wildman–Crippen MR) is 77.0 cm³/mol. The molecule has 3 heterocycles. The molecule has 0 spiro atoms. The minimum Gasteiger partial charge on any atom is -0.333 e. The molecule has 3 rings (SSSR count). The number of aromatic nitrogens is 2. The van der Waals surface area contributed by atoms with Gasteiger partial charge in [-0.05, 0) is 51.2 Å². The second-order valence-electron chi connectivity index (χ2n) is 6.23. The fourth-order valence-electron chi connectivity index (χ4n) is 3.51. The smallest absolute Gasteiger partial charge is 0.0948 e. The molecule has 0 bridgehead atoms. The molecule has 2 fully saturated rings. The summed E-state index contributed by atoms with van der Waals surface area (Å²) >= 11 is 0. The number of nitrogens with zero attached hydrogens (tertiary/aromatic N) is 3. The highest BCUT2D eigenvalue weighted by Crippen LogP contribution is 2.23. The molecule has 2 aliphatic heterocycles. The first-order chi connectivity index (χ1) is 9.33. The van der Waals surface area contributed by atoms with E-state index in [1.807, 2.05) is 12.5 Å². The Balaban J connectivity index is 1.57. The maximum absolute atomic E-state index is 4.36. The second-order valence-corrected chi connectivity index (χ2v) is 6.23. The summed E-state index contributed by atoms with van der Waals surface area (Å²) in [4.78, 5) is 6.97. The van der Waals surface area contributed by atoms with Crippen LogP contribution < -0.4 is 5.32 Å². The van der Waals surface area contributed by atoms with Crippen LogP contribution in [0.15, 0.2) is 12.5 Å². The predicted octanol–water partition coefficient (Wildman–Crippen LogP) is 2.04. The molecule has 2 aliphatic rings. The molecule has 1 aromatic heterocycles.